The second kappa shape index (κ2) is 5.42. The Hall–Kier alpha value is -2.72. The van der Waals surface area contributed by atoms with Crippen LogP contribution >= 0.6 is 0 Å². The summed E-state index contributed by atoms with van der Waals surface area (Å²) in [4.78, 5) is 0. The molecular weight excluding hydrogens is 298 g/mol. The van der Waals surface area contributed by atoms with E-state index in [9.17, 15) is 0 Å². The lowest BCUT2D eigenvalue weighted by atomic mass is 9.96. The second-order valence-corrected chi connectivity index (χ2v) is 6.43. The topological polar surface area (TPSA) is 27.7 Å². The lowest BCUT2D eigenvalue weighted by Crippen LogP contribution is -2.37. The third-order valence-electron chi connectivity index (χ3n) is 4.82. The summed E-state index contributed by atoms with van der Waals surface area (Å²) in [5, 5.41) is 4.08. The molecule has 1 fully saturated rings. The molecule has 0 saturated heterocycles. The highest BCUT2D eigenvalue weighted by Gasteiger charge is 2.25. The number of nitrogens with one attached hydrogen (secondary N) is 1. The second-order valence-electron chi connectivity index (χ2n) is 6.43. The first kappa shape index (κ1) is 13.7. The zero-order chi connectivity index (χ0) is 15.9. The fourth-order valence-corrected chi connectivity index (χ4v) is 3.25. The van der Waals surface area contributed by atoms with Gasteiger partial charge in [-0.05, 0) is 43.0 Å². The van der Waals surface area contributed by atoms with Gasteiger partial charge in [0.1, 0.15) is 5.75 Å². The van der Waals surface area contributed by atoms with Gasteiger partial charge in [-0.15, -0.1) is 5.53 Å². The van der Waals surface area contributed by atoms with Gasteiger partial charge in [0.05, 0.1) is 17.5 Å². The van der Waals surface area contributed by atoms with E-state index in [0.29, 0.717) is 6.10 Å². The molecule has 0 aromatic heterocycles. The molecule has 120 valence electrons. The Labute approximate surface area is 141 Å². The minimum absolute atomic E-state index is 0.395. The van der Waals surface area contributed by atoms with Gasteiger partial charge >= 0.3 is 0 Å². The Morgan fingerprint density at radius 3 is 2.79 bits per heavy atom. The minimum atomic E-state index is 0.395. The van der Waals surface area contributed by atoms with Crippen LogP contribution in [0, 0.1) is 0 Å². The highest BCUT2D eigenvalue weighted by molar-refractivity contribution is 5.80. The van der Waals surface area contributed by atoms with E-state index in [1.54, 1.807) is 0 Å². The van der Waals surface area contributed by atoms with Gasteiger partial charge in [0.15, 0.2) is 0 Å². The van der Waals surface area contributed by atoms with Gasteiger partial charge in [-0.3, -0.25) is 10.0 Å². The molecule has 2 aromatic rings. The van der Waals surface area contributed by atoms with Crippen LogP contribution in [0.25, 0.3) is 11.8 Å². The molecule has 24 heavy (non-hydrogen) atoms. The molecule has 2 heterocycles. The van der Waals surface area contributed by atoms with Crippen LogP contribution in [0.2, 0.25) is 0 Å². The molecule has 4 nitrogen and oxygen atoms in total. The predicted octanol–water partition coefficient (Wildman–Crippen LogP) is 4.14. The Bertz CT molecular complexity index is 838. The number of benzene rings is 2. The van der Waals surface area contributed by atoms with E-state index in [0.717, 1.165) is 17.1 Å². The normalized spacial score (nSPS) is 18.8. The number of nitrogens with zero attached hydrogens (tertiary/aromatic N) is 2. The zero-order valence-electron chi connectivity index (χ0n) is 13.4. The Morgan fingerprint density at radius 1 is 1.00 bits per heavy atom. The summed E-state index contributed by atoms with van der Waals surface area (Å²) in [5.41, 5.74) is 8.09. The average molecular weight is 317 g/mol. The molecule has 1 N–H and O–H groups in total. The summed E-state index contributed by atoms with van der Waals surface area (Å²) in [6.45, 7) is 0. The first-order chi connectivity index (χ1) is 11.9. The van der Waals surface area contributed by atoms with Crippen LogP contribution < -0.4 is 15.3 Å². The van der Waals surface area contributed by atoms with Gasteiger partial charge in [-0.25, -0.2) is 0 Å². The van der Waals surface area contributed by atoms with E-state index >= 15 is 0 Å². The molecule has 4 heteroatoms. The van der Waals surface area contributed by atoms with Crippen LogP contribution in [0.5, 0.6) is 5.75 Å². The first-order valence-corrected chi connectivity index (χ1v) is 8.48. The molecule has 0 spiro atoms. The molecule has 0 atom stereocenters. The van der Waals surface area contributed by atoms with Crippen LogP contribution in [0.1, 0.15) is 30.4 Å². The summed E-state index contributed by atoms with van der Waals surface area (Å²) in [6, 6.07) is 16.7. The van der Waals surface area contributed by atoms with E-state index in [-0.39, 0.29) is 0 Å². The van der Waals surface area contributed by atoms with Crippen molar-refractivity contribution in [2.24, 2.45) is 0 Å². The van der Waals surface area contributed by atoms with Gasteiger partial charge in [0.25, 0.3) is 0 Å². The number of hydrogen-bond donors (Lipinski definition) is 1. The lowest BCUT2D eigenvalue weighted by Gasteiger charge is -2.27. The van der Waals surface area contributed by atoms with Gasteiger partial charge in [-0.1, -0.05) is 30.3 Å². The molecule has 3 aliphatic rings. The van der Waals surface area contributed by atoms with Crippen molar-refractivity contribution in [3.63, 3.8) is 0 Å². The van der Waals surface area contributed by atoms with Crippen LogP contribution in [-0.4, -0.2) is 11.1 Å². The molecule has 2 aromatic carbocycles. The van der Waals surface area contributed by atoms with Crippen molar-refractivity contribution in [3.8, 4) is 5.75 Å². The molecule has 0 bridgehead atoms. The van der Waals surface area contributed by atoms with Gasteiger partial charge < -0.3 is 4.74 Å². The Morgan fingerprint density at radius 2 is 1.92 bits per heavy atom. The maximum absolute atomic E-state index is 6.02. The van der Waals surface area contributed by atoms with Crippen molar-refractivity contribution < 1.29 is 4.74 Å². The highest BCUT2D eigenvalue weighted by Crippen LogP contribution is 2.34. The van der Waals surface area contributed by atoms with E-state index in [1.807, 2.05) is 22.2 Å². The van der Waals surface area contributed by atoms with E-state index in [4.69, 9.17) is 4.74 Å². The van der Waals surface area contributed by atoms with Crippen molar-refractivity contribution in [2.75, 3.05) is 5.01 Å². The molecule has 0 amide bonds. The number of ether oxygens (including phenoxy) is 1. The number of rotatable bonds is 3. The fraction of sp³-hybridized carbons (Fsp3) is 0.200. The van der Waals surface area contributed by atoms with Crippen molar-refractivity contribution in [1.29, 1.82) is 0 Å². The molecule has 1 aliphatic carbocycles. The smallest absolute Gasteiger partial charge is 0.121 e. The van der Waals surface area contributed by atoms with E-state index < -0.39 is 0 Å². The fourth-order valence-electron chi connectivity index (χ4n) is 3.25. The largest absolute Gasteiger partial charge is 0.490 e. The van der Waals surface area contributed by atoms with E-state index in [1.165, 1.54) is 30.4 Å². The van der Waals surface area contributed by atoms with E-state index in [2.05, 4.69) is 60.4 Å². The quantitative estimate of drug-likeness (QED) is 0.920. The lowest BCUT2D eigenvalue weighted by molar-refractivity contribution is 0.120. The molecule has 0 unspecified atom stereocenters. The van der Waals surface area contributed by atoms with Crippen LogP contribution in [-0.2, 0) is 0 Å². The number of fused-ring (bicyclic) bond motifs is 3. The third-order valence-corrected chi connectivity index (χ3v) is 4.82. The first-order valence-electron chi connectivity index (χ1n) is 8.48. The van der Waals surface area contributed by atoms with Crippen molar-refractivity contribution in [1.82, 2.24) is 10.5 Å². The SMILES string of the molecule is C1=CN2NN(c3cccc(OC4CCC4)c3)C=C2c2ccccc21. The molecular formula is C20H19N3O. The summed E-state index contributed by atoms with van der Waals surface area (Å²) < 4.78 is 6.02. The van der Waals surface area contributed by atoms with Gasteiger partial charge in [-0.2, -0.15) is 0 Å². The number of hydrogen-bond acceptors (Lipinski definition) is 4. The minimum Gasteiger partial charge on any atom is -0.490 e. The van der Waals surface area contributed by atoms with Crippen LogP contribution in [0.3, 0.4) is 0 Å². The monoisotopic (exact) mass is 317 g/mol. The van der Waals surface area contributed by atoms with Gasteiger partial charge in [0.2, 0.25) is 0 Å². The maximum Gasteiger partial charge on any atom is 0.121 e. The highest BCUT2D eigenvalue weighted by atomic mass is 16.5. The van der Waals surface area contributed by atoms with Crippen LogP contribution in [0.4, 0.5) is 5.69 Å². The maximum atomic E-state index is 6.02. The van der Waals surface area contributed by atoms with Crippen molar-refractivity contribution in [3.05, 3.63) is 72.1 Å². The standard InChI is InChI=1S/C20H19N3O/c1-2-10-19-15(5-1)11-12-22-20(19)14-23(21-22)16-6-3-9-18(13-16)24-17-7-4-8-17/h1-3,5-6,9-14,17,21H,4,7-8H2. The van der Waals surface area contributed by atoms with Crippen molar-refractivity contribution >= 4 is 17.5 Å². The predicted molar refractivity (Wildman–Crippen MR) is 95.6 cm³/mol. The third kappa shape index (κ3) is 2.27. The summed E-state index contributed by atoms with van der Waals surface area (Å²) in [6.07, 6.45) is 10.3. The number of hydrazine groups is 2. The Kier molecular flexibility index (Phi) is 3.10. The summed E-state index contributed by atoms with van der Waals surface area (Å²) >= 11 is 0. The average Bonchev–Trinajstić information content (AvgIpc) is 3.03. The molecule has 1 saturated carbocycles. The Balaban J connectivity index is 1.44. The molecule has 0 radical (unpaired) electrons. The summed E-state index contributed by atoms with van der Waals surface area (Å²) in [5.74, 6) is 0.943. The molecule has 2 aliphatic heterocycles. The van der Waals surface area contributed by atoms with Crippen molar-refractivity contribution in [2.45, 2.75) is 25.4 Å². The van der Waals surface area contributed by atoms with Gasteiger partial charge in [0, 0.05) is 24.0 Å². The summed E-state index contributed by atoms with van der Waals surface area (Å²) in [7, 11) is 0. The molecule has 5 rings (SSSR count). The zero-order valence-corrected chi connectivity index (χ0v) is 13.4. The van der Waals surface area contributed by atoms with Crippen LogP contribution in [0.15, 0.2) is 60.9 Å². The number of anilines is 1.